The molecule has 1 saturated heterocycles. The van der Waals surface area contributed by atoms with E-state index in [1.54, 1.807) is 32.0 Å². The number of aliphatic hydroxyl groups is 1. The normalized spacial score (nSPS) is 21.3. The molecule has 44 heavy (non-hydrogen) atoms. The summed E-state index contributed by atoms with van der Waals surface area (Å²) >= 11 is 0. The zero-order valence-electron chi connectivity index (χ0n) is 23.7. The van der Waals surface area contributed by atoms with E-state index in [4.69, 9.17) is 18.5 Å². The number of amides is 1. The minimum atomic E-state index is -4.47. The van der Waals surface area contributed by atoms with Crippen LogP contribution in [0.2, 0.25) is 0 Å². The van der Waals surface area contributed by atoms with E-state index >= 15 is 8.78 Å². The first-order valence-electron chi connectivity index (χ1n) is 13.3. The predicted octanol–water partition coefficient (Wildman–Crippen LogP) is 2.92. The topological polar surface area (TPSA) is 180 Å². The van der Waals surface area contributed by atoms with Crippen LogP contribution in [0.25, 0.3) is 0 Å². The number of para-hydroxylation sites is 1. The number of rotatable bonds is 12. The van der Waals surface area contributed by atoms with Crippen LogP contribution in [0.15, 0.2) is 71.9 Å². The number of carbonyl (C=O) groups is 2. The fraction of sp³-hybridized carbons (Fsp3) is 0.370. The number of benzene rings is 1. The molecule has 236 valence electrons. The van der Waals surface area contributed by atoms with Crippen LogP contribution >= 0.6 is 7.75 Å². The molecule has 0 radical (unpaired) electrons. The Hall–Kier alpha value is -4.08. The summed E-state index contributed by atoms with van der Waals surface area (Å²) in [6.45, 7) is 3.66. The van der Waals surface area contributed by atoms with Crippen LogP contribution in [0.3, 0.4) is 0 Å². The molecular formula is C27H30F2N5O9P. The molecule has 1 fully saturated rings. The van der Waals surface area contributed by atoms with E-state index in [2.05, 4.69) is 20.4 Å². The molecule has 2 aromatic heterocycles. The number of aliphatic hydroxyl groups excluding tert-OH is 1. The Bertz CT molecular complexity index is 1560. The molecule has 4 rings (SSSR count). The Kier molecular flexibility index (Phi) is 10.2. The highest BCUT2D eigenvalue weighted by molar-refractivity contribution is 7.52. The average Bonchev–Trinajstić information content (AvgIpc) is 3.20. The maximum absolute atomic E-state index is 15.2. The van der Waals surface area contributed by atoms with Crippen molar-refractivity contribution in [2.75, 3.05) is 11.9 Å². The van der Waals surface area contributed by atoms with Gasteiger partial charge in [-0.05, 0) is 51.1 Å². The summed E-state index contributed by atoms with van der Waals surface area (Å²) in [6, 6.07) is 10.6. The molecule has 5 atom stereocenters. The van der Waals surface area contributed by atoms with Crippen LogP contribution in [0.4, 0.5) is 14.6 Å². The fourth-order valence-corrected chi connectivity index (χ4v) is 5.46. The van der Waals surface area contributed by atoms with Gasteiger partial charge in [0.1, 0.15) is 23.7 Å². The van der Waals surface area contributed by atoms with Crippen molar-refractivity contribution in [1.29, 1.82) is 0 Å². The number of hydrogen-bond acceptors (Lipinski definition) is 11. The third kappa shape index (κ3) is 7.89. The quantitative estimate of drug-likeness (QED) is 0.196. The Balaban J connectivity index is 1.49. The molecule has 1 amide bonds. The molecule has 0 saturated carbocycles. The van der Waals surface area contributed by atoms with E-state index < -0.39 is 68.4 Å². The van der Waals surface area contributed by atoms with Crippen molar-refractivity contribution in [3.63, 3.8) is 0 Å². The first kappa shape index (κ1) is 32.8. The first-order chi connectivity index (χ1) is 20.8. The van der Waals surface area contributed by atoms with E-state index in [9.17, 15) is 24.1 Å². The summed E-state index contributed by atoms with van der Waals surface area (Å²) < 4.78 is 65.7. The second-order valence-corrected chi connectivity index (χ2v) is 11.6. The lowest BCUT2D eigenvalue weighted by Gasteiger charge is -2.25. The number of nitrogens with zero attached hydrogens (tertiary/aromatic N) is 3. The molecule has 3 aromatic rings. The van der Waals surface area contributed by atoms with Gasteiger partial charge in [0.2, 0.25) is 6.23 Å². The molecule has 3 heterocycles. The van der Waals surface area contributed by atoms with E-state index in [1.807, 2.05) is 0 Å². The molecule has 3 N–H and O–H groups in total. The third-order valence-electron chi connectivity index (χ3n) is 6.06. The highest BCUT2D eigenvalue weighted by atomic mass is 31.2. The molecule has 0 spiro atoms. The maximum Gasteiger partial charge on any atom is 0.459 e. The number of ether oxygens (including phenoxy) is 2. The van der Waals surface area contributed by atoms with Crippen molar-refractivity contribution in [3.05, 3.63) is 83.2 Å². The molecule has 0 unspecified atom stereocenters. The van der Waals surface area contributed by atoms with Crippen molar-refractivity contribution < 1.29 is 46.6 Å². The van der Waals surface area contributed by atoms with Gasteiger partial charge >= 0.3 is 25.3 Å². The third-order valence-corrected chi connectivity index (χ3v) is 7.71. The largest absolute Gasteiger partial charge is 0.462 e. The second kappa shape index (κ2) is 13.7. The van der Waals surface area contributed by atoms with E-state index in [-0.39, 0.29) is 17.1 Å². The molecular weight excluding hydrogens is 607 g/mol. The van der Waals surface area contributed by atoms with E-state index in [0.29, 0.717) is 4.57 Å². The molecule has 1 aromatic carbocycles. The van der Waals surface area contributed by atoms with Crippen LogP contribution in [-0.2, 0) is 23.4 Å². The highest BCUT2D eigenvalue weighted by Crippen LogP contribution is 2.48. The van der Waals surface area contributed by atoms with Gasteiger partial charge in [-0.2, -0.15) is 18.9 Å². The molecule has 1 aliphatic heterocycles. The SMILES string of the molecule is CC(C)OC(=O)[C@H](C)N[P@](=O)(OC[C@H]1O[C@@H](n2ccc(NC(=O)c3cccnc3)nc2=O)C(F)(F)[C@@H]1O)Oc1ccccc1. The number of carbonyl (C=O) groups excluding carboxylic acids is 2. The van der Waals surface area contributed by atoms with Gasteiger partial charge in [0.15, 0.2) is 6.10 Å². The predicted molar refractivity (Wildman–Crippen MR) is 150 cm³/mol. The van der Waals surface area contributed by atoms with Crippen molar-refractivity contribution in [1.82, 2.24) is 19.6 Å². The van der Waals surface area contributed by atoms with Crippen molar-refractivity contribution >= 4 is 25.4 Å². The Morgan fingerprint density at radius 2 is 1.89 bits per heavy atom. The van der Waals surface area contributed by atoms with E-state index in [1.165, 1.54) is 43.6 Å². The molecule has 1 aliphatic rings. The molecule has 0 bridgehead atoms. The summed E-state index contributed by atoms with van der Waals surface area (Å²) in [4.78, 5) is 44.7. The van der Waals surface area contributed by atoms with Crippen molar-refractivity contribution in [3.8, 4) is 5.75 Å². The first-order valence-corrected chi connectivity index (χ1v) is 14.8. The number of aromatic nitrogens is 3. The molecule has 17 heteroatoms. The number of anilines is 1. The summed E-state index contributed by atoms with van der Waals surface area (Å²) in [5, 5.41) is 15.2. The van der Waals surface area contributed by atoms with Crippen LogP contribution < -0.4 is 20.6 Å². The Morgan fingerprint density at radius 1 is 1.16 bits per heavy atom. The second-order valence-electron chi connectivity index (χ2n) is 9.88. The number of esters is 1. The maximum atomic E-state index is 15.2. The lowest BCUT2D eigenvalue weighted by molar-refractivity contribution is -0.149. The lowest BCUT2D eigenvalue weighted by Crippen LogP contribution is -2.42. The van der Waals surface area contributed by atoms with Crippen LogP contribution in [0.1, 0.15) is 37.4 Å². The van der Waals surface area contributed by atoms with E-state index in [0.717, 1.165) is 12.3 Å². The summed E-state index contributed by atoms with van der Waals surface area (Å²) in [5.74, 6) is -5.61. The van der Waals surface area contributed by atoms with Gasteiger partial charge in [-0.15, -0.1) is 0 Å². The van der Waals surface area contributed by atoms with Gasteiger partial charge < -0.3 is 24.4 Å². The molecule has 14 nitrogen and oxygen atoms in total. The number of halogens is 2. The van der Waals surface area contributed by atoms with Gasteiger partial charge in [-0.25, -0.2) is 9.36 Å². The van der Waals surface area contributed by atoms with Crippen LogP contribution in [0.5, 0.6) is 5.75 Å². The highest BCUT2D eigenvalue weighted by Gasteiger charge is 2.60. The van der Waals surface area contributed by atoms with Gasteiger partial charge in [0.05, 0.1) is 18.3 Å². The number of hydrogen-bond donors (Lipinski definition) is 3. The Labute approximate surface area is 249 Å². The fourth-order valence-electron chi connectivity index (χ4n) is 3.96. The van der Waals surface area contributed by atoms with Crippen LogP contribution in [-0.4, -0.2) is 68.4 Å². The minimum absolute atomic E-state index is 0.0668. The minimum Gasteiger partial charge on any atom is -0.462 e. The summed E-state index contributed by atoms with van der Waals surface area (Å²) in [5.41, 5.74) is -1.05. The zero-order valence-corrected chi connectivity index (χ0v) is 24.6. The average molecular weight is 638 g/mol. The summed E-state index contributed by atoms with van der Waals surface area (Å²) in [6.07, 6.45) is -3.48. The standard InChI is InChI=1S/C27H30F2N5O9P/c1-16(2)41-24(37)17(3)33-44(39,43-19-9-5-4-6-10-19)40-15-20-22(35)27(28,29)25(42-20)34-13-11-21(32-26(34)38)31-23(36)18-8-7-12-30-14-18/h4-14,16-17,20,22,25,35H,15H2,1-3H3,(H,33,39)(H,31,32,36,38)/t17-,20+,22+,25+,44-/m0/s1. The van der Waals surface area contributed by atoms with Crippen LogP contribution in [0, 0.1) is 0 Å². The Morgan fingerprint density at radius 3 is 2.52 bits per heavy atom. The van der Waals surface area contributed by atoms with Gasteiger partial charge in [-0.1, -0.05) is 18.2 Å². The molecule has 0 aliphatic carbocycles. The monoisotopic (exact) mass is 637 g/mol. The smallest absolute Gasteiger partial charge is 0.459 e. The number of nitrogens with one attached hydrogen (secondary N) is 2. The summed E-state index contributed by atoms with van der Waals surface area (Å²) in [7, 11) is -4.47. The van der Waals surface area contributed by atoms with Crippen molar-refractivity contribution in [2.45, 2.75) is 57.3 Å². The zero-order chi connectivity index (χ0) is 32.1. The van der Waals surface area contributed by atoms with Gasteiger partial charge in [0.25, 0.3) is 5.91 Å². The lowest BCUT2D eigenvalue weighted by atomic mass is 10.1. The number of pyridine rings is 1. The van der Waals surface area contributed by atoms with Crippen molar-refractivity contribution in [2.24, 2.45) is 0 Å². The van der Waals surface area contributed by atoms with Gasteiger partial charge in [0, 0.05) is 18.6 Å². The van der Waals surface area contributed by atoms with Gasteiger partial charge in [-0.3, -0.25) is 23.7 Å². The number of alkyl halides is 2.